The lowest BCUT2D eigenvalue weighted by Crippen LogP contribution is -2.04. The highest BCUT2D eigenvalue weighted by molar-refractivity contribution is 6.45. The zero-order valence-corrected chi connectivity index (χ0v) is 19.3. The molecule has 0 bridgehead atoms. The number of ketones is 1. The molecule has 0 aliphatic heterocycles. The van der Waals surface area contributed by atoms with Gasteiger partial charge in [-0.1, -0.05) is 97.1 Å². The molecule has 0 aliphatic rings. The topological polar surface area (TPSA) is 17.1 Å². The van der Waals surface area contributed by atoms with Gasteiger partial charge >= 0.3 is 0 Å². The van der Waals surface area contributed by atoms with Crippen molar-refractivity contribution in [1.29, 1.82) is 0 Å². The van der Waals surface area contributed by atoms with Crippen molar-refractivity contribution in [3.05, 3.63) is 120 Å². The van der Waals surface area contributed by atoms with Crippen LogP contribution in [0.1, 0.15) is 15.9 Å². The minimum Gasteiger partial charge on any atom is -0.289 e. The molecule has 0 unspecified atom stereocenters. The van der Waals surface area contributed by atoms with E-state index in [2.05, 4.69) is 78.9 Å². The van der Waals surface area contributed by atoms with Crippen molar-refractivity contribution in [3.63, 3.8) is 0 Å². The van der Waals surface area contributed by atoms with E-state index >= 15 is 0 Å². The van der Waals surface area contributed by atoms with Crippen molar-refractivity contribution in [2.45, 2.75) is 0 Å². The first-order valence-corrected chi connectivity index (χ1v) is 12.4. The Morgan fingerprint density at radius 3 is 1.50 bits per heavy atom. The summed E-state index contributed by atoms with van der Waals surface area (Å²) in [7, 11) is 0. The van der Waals surface area contributed by atoms with Gasteiger partial charge in [0.1, 0.15) is 0 Å². The minimum absolute atomic E-state index is 0.0753. The SMILES string of the molecule is O=C(c1ccc2ccccc2c1)c1cc2ccc3ccc4ccc5ccc6ccc1c1c6c5c4c3c21. The molecule has 9 rings (SSSR count). The molecule has 0 saturated heterocycles. The minimum atomic E-state index is 0.0753. The predicted molar refractivity (Wildman–Crippen MR) is 152 cm³/mol. The number of hydrogen-bond donors (Lipinski definition) is 0. The van der Waals surface area contributed by atoms with Gasteiger partial charge in [-0.15, -0.1) is 0 Å². The molecule has 1 nitrogen and oxygen atoms in total. The van der Waals surface area contributed by atoms with Gasteiger partial charge in [0, 0.05) is 11.1 Å². The fourth-order valence-corrected chi connectivity index (χ4v) is 6.66. The van der Waals surface area contributed by atoms with E-state index in [9.17, 15) is 4.79 Å². The highest BCUT2D eigenvalue weighted by Crippen LogP contribution is 2.49. The lowest BCUT2D eigenvalue weighted by Gasteiger charge is -2.21. The van der Waals surface area contributed by atoms with Crippen molar-refractivity contribution in [2.75, 3.05) is 0 Å². The third-order valence-corrected chi connectivity index (χ3v) is 8.26. The molecule has 0 atom stereocenters. The van der Waals surface area contributed by atoms with E-state index in [1.54, 1.807) is 0 Å². The average molecular weight is 455 g/mol. The molecule has 9 aromatic rings. The summed E-state index contributed by atoms with van der Waals surface area (Å²) in [6.45, 7) is 0. The number of rotatable bonds is 2. The Balaban J connectivity index is 1.48. The summed E-state index contributed by atoms with van der Waals surface area (Å²) in [6, 6.07) is 38.5. The molecule has 0 saturated carbocycles. The van der Waals surface area contributed by atoms with Gasteiger partial charge in [0.2, 0.25) is 0 Å². The molecule has 0 heterocycles. The number of carbonyl (C=O) groups is 1. The Bertz CT molecular complexity index is 2260. The maximum absolute atomic E-state index is 14.1. The summed E-state index contributed by atoms with van der Waals surface area (Å²) in [4.78, 5) is 14.1. The van der Waals surface area contributed by atoms with Gasteiger partial charge < -0.3 is 0 Å². The van der Waals surface area contributed by atoms with E-state index in [4.69, 9.17) is 0 Å². The number of fused-ring (bicyclic) bond motifs is 1. The molecule has 9 aromatic carbocycles. The summed E-state index contributed by atoms with van der Waals surface area (Å²) in [5, 5.41) is 17.2. The number of hydrogen-bond acceptors (Lipinski definition) is 1. The van der Waals surface area contributed by atoms with Crippen LogP contribution in [-0.4, -0.2) is 5.78 Å². The lowest BCUT2D eigenvalue weighted by atomic mass is 9.81. The largest absolute Gasteiger partial charge is 0.289 e. The molecule has 1 heteroatoms. The van der Waals surface area contributed by atoms with Crippen molar-refractivity contribution in [3.8, 4) is 0 Å². The van der Waals surface area contributed by atoms with E-state index < -0.39 is 0 Å². The maximum atomic E-state index is 14.1. The maximum Gasteiger partial charge on any atom is 0.193 e. The van der Waals surface area contributed by atoms with Crippen LogP contribution in [0.5, 0.6) is 0 Å². The Morgan fingerprint density at radius 2 is 0.861 bits per heavy atom. The second-order valence-corrected chi connectivity index (χ2v) is 10.1. The molecule has 0 aliphatic carbocycles. The van der Waals surface area contributed by atoms with E-state index in [0.717, 1.165) is 32.7 Å². The van der Waals surface area contributed by atoms with Crippen LogP contribution in [0.25, 0.3) is 75.4 Å². The lowest BCUT2D eigenvalue weighted by molar-refractivity contribution is 0.104. The van der Waals surface area contributed by atoms with E-state index in [-0.39, 0.29) is 5.78 Å². The summed E-state index contributed by atoms with van der Waals surface area (Å²) in [6.07, 6.45) is 0. The zero-order valence-electron chi connectivity index (χ0n) is 19.3. The van der Waals surface area contributed by atoms with Crippen molar-refractivity contribution < 1.29 is 4.79 Å². The smallest absolute Gasteiger partial charge is 0.193 e. The summed E-state index contributed by atoms with van der Waals surface area (Å²) >= 11 is 0. The standard InChI is InChI=1S/C35H18O/c36-35(26-14-5-19-3-1-2-4-24(19)17-26)28-18-25-13-12-22-9-7-20-6-8-21-10-11-23-15-16-27(28)34-32(23)30(21)29(20)31(22)33(25)34/h1-18H. The Hall–Kier alpha value is -4.75. The first-order chi connectivity index (χ1) is 17.8. The molecular weight excluding hydrogens is 436 g/mol. The molecule has 0 radical (unpaired) electrons. The van der Waals surface area contributed by atoms with Crippen LogP contribution in [0, 0.1) is 0 Å². The van der Waals surface area contributed by atoms with Crippen LogP contribution in [0.3, 0.4) is 0 Å². The van der Waals surface area contributed by atoms with Gasteiger partial charge in [-0.2, -0.15) is 0 Å². The number of carbonyl (C=O) groups excluding carboxylic acids is 1. The molecule has 0 aromatic heterocycles. The average Bonchev–Trinajstić information content (AvgIpc) is 2.94. The second kappa shape index (κ2) is 6.27. The summed E-state index contributed by atoms with van der Waals surface area (Å²) < 4.78 is 0. The van der Waals surface area contributed by atoms with Gasteiger partial charge in [0.05, 0.1) is 0 Å². The van der Waals surface area contributed by atoms with Crippen LogP contribution in [-0.2, 0) is 0 Å². The third kappa shape index (κ3) is 2.15. The highest BCUT2D eigenvalue weighted by atomic mass is 16.1. The fourth-order valence-electron chi connectivity index (χ4n) is 6.66. The zero-order chi connectivity index (χ0) is 23.5. The summed E-state index contributed by atoms with van der Waals surface area (Å²) in [5.74, 6) is 0.0753. The monoisotopic (exact) mass is 454 g/mol. The van der Waals surface area contributed by atoms with E-state index in [0.29, 0.717) is 0 Å². The molecule has 0 amide bonds. The van der Waals surface area contributed by atoms with Crippen LogP contribution in [0.15, 0.2) is 109 Å². The first kappa shape index (κ1) is 18.6. The number of benzene rings is 9. The van der Waals surface area contributed by atoms with Crippen LogP contribution < -0.4 is 0 Å². The van der Waals surface area contributed by atoms with Gasteiger partial charge in [0.25, 0.3) is 0 Å². The van der Waals surface area contributed by atoms with E-state index in [1.807, 2.05) is 30.3 Å². The third-order valence-electron chi connectivity index (χ3n) is 8.26. The van der Waals surface area contributed by atoms with Crippen molar-refractivity contribution in [1.82, 2.24) is 0 Å². The first-order valence-electron chi connectivity index (χ1n) is 12.4. The second-order valence-electron chi connectivity index (χ2n) is 10.1. The van der Waals surface area contributed by atoms with E-state index in [1.165, 1.54) is 53.9 Å². The fraction of sp³-hybridized carbons (Fsp3) is 0. The Labute approximate surface area is 206 Å². The summed E-state index contributed by atoms with van der Waals surface area (Å²) in [5.41, 5.74) is 1.51. The predicted octanol–water partition coefficient (Wildman–Crippen LogP) is 9.30. The Kier molecular flexibility index (Phi) is 3.23. The molecule has 0 fully saturated rings. The molecule has 0 N–H and O–H groups in total. The van der Waals surface area contributed by atoms with Gasteiger partial charge in [-0.3, -0.25) is 4.79 Å². The Morgan fingerprint density at radius 1 is 0.389 bits per heavy atom. The van der Waals surface area contributed by atoms with Gasteiger partial charge in [-0.05, 0) is 87.5 Å². The van der Waals surface area contributed by atoms with Crippen LogP contribution >= 0.6 is 0 Å². The van der Waals surface area contributed by atoms with Gasteiger partial charge in [0.15, 0.2) is 5.78 Å². The molecule has 0 spiro atoms. The quantitative estimate of drug-likeness (QED) is 0.144. The molecular formula is C35H18O. The van der Waals surface area contributed by atoms with Gasteiger partial charge in [-0.25, -0.2) is 0 Å². The highest BCUT2D eigenvalue weighted by Gasteiger charge is 2.23. The normalized spacial score (nSPS) is 12.6. The van der Waals surface area contributed by atoms with Crippen LogP contribution in [0.2, 0.25) is 0 Å². The molecule has 164 valence electrons. The van der Waals surface area contributed by atoms with Crippen molar-refractivity contribution in [2.24, 2.45) is 0 Å². The molecule has 36 heavy (non-hydrogen) atoms. The van der Waals surface area contributed by atoms with Crippen molar-refractivity contribution >= 4 is 81.2 Å². The van der Waals surface area contributed by atoms with Crippen LogP contribution in [0.4, 0.5) is 0 Å².